The van der Waals surface area contributed by atoms with Gasteiger partial charge >= 0.3 is 5.97 Å². The van der Waals surface area contributed by atoms with Crippen molar-refractivity contribution in [2.24, 2.45) is 0 Å². The SMILES string of the molecule is CCCN1CC[C@H](OC(=O)CCC(C)=O)[C@@H]1CC. The van der Waals surface area contributed by atoms with Crippen molar-refractivity contribution in [2.45, 2.75) is 65.0 Å². The molecule has 1 saturated heterocycles. The molecule has 104 valence electrons. The summed E-state index contributed by atoms with van der Waals surface area (Å²) < 4.78 is 5.51. The van der Waals surface area contributed by atoms with Gasteiger partial charge in [0.1, 0.15) is 11.9 Å². The molecule has 0 unspecified atom stereocenters. The van der Waals surface area contributed by atoms with E-state index >= 15 is 0 Å². The van der Waals surface area contributed by atoms with E-state index in [0.29, 0.717) is 12.5 Å². The Morgan fingerprint density at radius 3 is 2.56 bits per heavy atom. The predicted octanol–water partition coefficient (Wildman–Crippen LogP) is 2.16. The van der Waals surface area contributed by atoms with E-state index in [1.54, 1.807) is 0 Å². The third kappa shape index (κ3) is 4.41. The standard InChI is InChI=1S/C14H25NO3/c1-4-9-15-10-8-13(12(15)5-2)18-14(17)7-6-11(3)16/h12-13H,4-10H2,1-3H3/t12-,13-/m0/s1. The molecule has 0 N–H and O–H groups in total. The van der Waals surface area contributed by atoms with Gasteiger partial charge in [-0.3, -0.25) is 9.69 Å². The number of Topliss-reactive ketones (excluding diaryl/α,β-unsaturated/α-hetero) is 1. The van der Waals surface area contributed by atoms with E-state index in [1.807, 2.05) is 0 Å². The first kappa shape index (κ1) is 15.2. The maximum Gasteiger partial charge on any atom is 0.306 e. The number of hydrogen-bond acceptors (Lipinski definition) is 4. The molecular formula is C14H25NO3. The first-order chi connectivity index (χ1) is 8.58. The number of carbonyl (C=O) groups excluding carboxylic acids is 2. The van der Waals surface area contributed by atoms with Crippen molar-refractivity contribution in [3.8, 4) is 0 Å². The van der Waals surface area contributed by atoms with Crippen molar-refractivity contribution in [3.05, 3.63) is 0 Å². The van der Waals surface area contributed by atoms with Crippen molar-refractivity contribution in [2.75, 3.05) is 13.1 Å². The van der Waals surface area contributed by atoms with Crippen LogP contribution in [0.15, 0.2) is 0 Å². The number of ketones is 1. The Morgan fingerprint density at radius 1 is 1.28 bits per heavy atom. The van der Waals surface area contributed by atoms with E-state index < -0.39 is 0 Å². The molecule has 4 nitrogen and oxygen atoms in total. The minimum atomic E-state index is -0.230. The summed E-state index contributed by atoms with van der Waals surface area (Å²) in [5, 5.41) is 0. The van der Waals surface area contributed by atoms with Crippen molar-refractivity contribution < 1.29 is 14.3 Å². The van der Waals surface area contributed by atoms with Gasteiger partial charge in [-0.1, -0.05) is 13.8 Å². The lowest BCUT2D eigenvalue weighted by molar-refractivity contribution is -0.151. The molecule has 0 aromatic rings. The summed E-state index contributed by atoms with van der Waals surface area (Å²) in [7, 11) is 0. The average Bonchev–Trinajstić information content (AvgIpc) is 2.69. The van der Waals surface area contributed by atoms with E-state index in [0.717, 1.165) is 32.4 Å². The van der Waals surface area contributed by atoms with Gasteiger partial charge in [0.25, 0.3) is 0 Å². The zero-order valence-corrected chi connectivity index (χ0v) is 11.8. The molecule has 0 radical (unpaired) electrons. The van der Waals surface area contributed by atoms with Gasteiger partial charge in [0, 0.05) is 19.0 Å². The Kier molecular flexibility index (Phi) is 6.33. The topological polar surface area (TPSA) is 46.6 Å². The number of ether oxygens (including phenoxy) is 1. The fourth-order valence-electron chi connectivity index (χ4n) is 2.62. The van der Waals surface area contributed by atoms with Gasteiger partial charge in [0.15, 0.2) is 0 Å². The Hall–Kier alpha value is -0.900. The summed E-state index contributed by atoms with van der Waals surface area (Å²) in [5.74, 6) is -0.190. The van der Waals surface area contributed by atoms with Gasteiger partial charge in [-0.25, -0.2) is 0 Å². The molecule has 18 heavy (non-hydrogen) atoms. The second-order valence-corrected chi connectivity index (χ2v) is 5.03. The highest BCUT2D eigenvalue weighted by Crippen LogP contribution is 2.24. The third-order valence-corrected chi connectivity index (χ3v) is 3.49. The largest absolute Gasteiger partial charge is 0.461 e. The van der Waals surface area contributed by atoms with Crippen LogP contribution in [0.2, 0.25) is 0 Å². The number of carbonyl (C=O) groups is 2. The quantitative estimate of drug-likeness (QED) is 0.654. The Labute approximate surface area is 110 Å². The van der Waals surface area contributed by atoms with Crippen LogP contribution in [-0.4, -0.2) is 41.9 Å². The summed E-state index contributed by atoms with van der Waals surface area (Å²) in [6.07, 6.45) is 3.58. The number of rotatable bonds is 7. The van der Waals surface area contributed by atoms with Crippen LogP contribution in [0, 0.1) is 0 Å². The smallest absolute Gasteiger partial charge is 0.306 e. The van der Waals surface area contributed by atoms with E-state index in [2.05, 4.69) is 18.7 Å². The number of nitrogens with zero attached hydrogens (tertiary/aromatic N) is 1. The Balaban J connectivity index is 2.41. The predicted molar refractivity (Wildman–Crippen MR) is 70.4 cm³/mol. The van der Waals surface area contributed by atoms with Crippen LogP contribution >= 0.6 is 0 Å². The van der Waals surface area contributed by atoms with Gasteiger partial charge in [0.05, 0.1) is 6.42 Å². The van der Waals surface area contributed by atoms with Gasteiger partial charge in [-0.05, 0) is 32.7 Å². The highest BCUT2D eigenvalue weighted by Gasteiger charge is 2.34. The van der Waals surface area contributed by atoms with Crippen LogP contribution in [0.4, 0.5) is 0 Å². The second-order valence-electron chi connectivity index (χ2n) is 5.03. The minimum absolute atomic E-state index is 0.0148. The highest BCUT2D eigenvalue weighted by molar-refractivity contribution is 5.81. The molecule has 0 aromatic heterocycles. The molecule has 4 heteroatoms. The summed E-state index contributed by atoms with van der Waals surface area (Å²) in [6, 6.07) is 0.353. The number of hydrogen-bond donors (Lipinski definition) is 0. The fraction of sp³-hybridized carbons (Fsp3) is 0.857. The zero-order valence-electron chi connectivity index (χ0n) is 11.8. The Bertz CT molecular complexity index is 291. The fourth-order valence-corrected chi connectivity index (χ4v) is 2.62. The maximum absolute atomic E-state index is 11.6. The van der Waals surface area contributed by atoms with Crippen molar-refractivity contribution in [3.63, 3.8) is 0 Å². The summed E-state index contributed by atoms with van der Waals surface area (Å²) in [4.78, 5) is 24.9. The minimum Gasteiger partial charge on any atom is -0.461 e. The first-order valence-corrected chi connectivity index (χ1v) is 7.01. The lowest BCUT2D eigenvalue weighted by Gasteiger charge is -2.26. The molecule has 2 atom stereocenters. The molecule has 0 bridgehead atoms. The van der Waals surface area contributed by atoms with Gasteiger partial charge in [-0.2, -0.15) is 0 Å². The molecule has 0 aliphatic carbocycles. The normalized spacial score (nSPS) is 24.2. The lowest BCUT2D eigenvalue weighted by Crippen LogP contribution is -2.37. The average molecular weight is 255 g/mol. The highest BCUT2D eigenvalue weighted by atomic mass is 16.5. The first-order valence-electron chi connectivity index (χ1n) is 7.01. The lowest BCUT2D eigenvalue weighted by atomic mass is 10.1. The molecule has 1 rings (SSSR count). The summed E-state index contributed by atoms with van der Waals surface area (Å²) in [6.45, 7) is 7.88. The molecule has 0 saturated carbocycles. The van der Waals surface area contributed by atoms with Gasteiger partial charge < -0.3 is 9.53 Å². The molecule has 1 fully saturated rings. The van der Waals surface area contributed by atoms with Crippen LogP contribution in [0.3, 0.4) is 0 Å². The summed E-state index contributed by atoms with van der Waals surface area (Å²) >= 11 is 0. The van der Waals surface area contributed by atoms with Crippen LogP contribution in [0.25, 0.3) is 0 Å². The summed E-state index contributed by atoms with van der Waals surface area (Å²) in [5.41, 5.74) is 0. The van der Waals surface area contributed by atoms with Crippen molar-refractivity contribution >= 4 is 11.8 Å². The molecule has 1 aliphatic heterocycles. The third-order valence-electron chi connectivity index (χ3n) is 3.49. The number of likely N-dealkylation sites (tertiary alicyclic amines) is 1. The maximum atomic E-state index is 11.6. The second kappa shape index (κ2) is 7.52. The van der Waals surface area contributed by atoms with Crippen molar-refractivity contribution in [1.82, 2.24) is 4.90 Å². The zero-order chi connectivity index (χ0) is 13.5. The van der Waals surface area contributed by atoms with Crippen LogP contribution < -0.4 is 0 Å². The van der Waals surface area contributed by atoms with Crippen LogP contribution in [-0.2, 0) is 14.3 Å². The van der Waals surface area contributed by atoms with E-state index in [9.17, 15) is 9.59 Å². The van der Waals surface area contributed by atoms with Crippen molar-refractivity contribution in [1.29, 1.82) is 0 Å². The van der Waals surface area contributed by atoms with Gasteiger partial charge in [0.2, 0.25) is 0 Å². The van der Waals surface area contributed by atoms with E-state index in [1.165, 1.54) is 6.92 Å². The van der Waals surface area contributed by atoms with Gasteiger partial charge in [-0.15, -0.1) is 0 Å². The number of esters is 1. The van der Waals surface area contributed by atoms with Crippen LogP contribution in [0.5, 0.6) is 0 Å². The Morgan fingerprint density at radius 2 is 2.00 bits per heavy atom. The molecule has 1 heterocycles. The molecule has 0 spiro atoms. The molecule has 0 aromatic carbocycles. The monoisotopic (exact) mass is 255 g/mol. The molecular weight excluding hydrogens is 230 g/mol. The van der Waals surface area contributed by atoms with E-state index in [-0.39, 0.29) is 24.3 Å². The van der Waals surface area contributed by atoms with E-state index in [4.69, 9.17) is 4.74 Å². The molecule has 1 aliphatic rings. The molecule has 0 amide bonds. The van der Waals surface area contributed by atoms with Crippen LogP contribution in [0.1, 0.15) is 52.9 Å².